The Bertz CT molecular complexity index is 1300. The summed E-state index contributed by atoms with van der Waals surface area (Å²) in [6.45, 7) is 5.28. The minimum Gasteiger partial charge on any atom is -0.488 e. The smallest absolute Gasteiger partial charge is 0.340 e. The van der Waals surface area contributed by atoms with E-state index in [1.54, 1.807) is 0 Å². The van der Waals surface area contributed by atoms with Crippen LogP contribution in [0.4, 0.5) is 0 Å². The third-order valence-corrected chi connectivity index (χ3v) is 8.00. The van der Waals surface area contributed by atoms with Crippen molar-refractivity contribution in [1.29, 1.82) is 0 Å². The van der Waals surface area contributed by atoms with Crippen LogP contribution in [0, 0.1) is 19.8 Å². The maximum Gasteiger partial charge on any atom is 0.340 e. The molecule has 3 aromatic rings. The van der Waals surface area contributed by atoms with E-state index < -0.39 is 11.2 Å². The minimum atomic E-state index is -0.634. The number of piperidine rings is 1. The maximum atomic E-state index is 13.2. The zero-order valence-corrected chi connectivity index (χ0v) is 20.5. The van der Waals surface area contributed by atoms with Crippen molar-refractivity contribution < 1.29 is 19.1 Å². The number of benzene rings is 2. The molecule has 6 heteroatoms. The Morgan fingerprint density at radius 2 is 1.91 bits per heavy atom. The summed E-state index contributed by atoms with van der Waals surface area (Å²) >= 11 is 0. The minimum absolute atomic E-state index is 0.0144. The molecular weight excluding hydrogens is 442 g/mol. The van der Waals surface area contributed by atoms with E-state index in [0.717, 1.165) is 47.8 Å². The van der Waals surface area contributed by atoms with Crippen LogP contribution in [0.25, 0.3) is 11.0 Å². The zero-order valence-electron chi connectivity index (χ0n) is 20.5. The van der Waals surface area contributed by atoms with Gasteiger partial charge in [-0.1, -0.05) is 43.2 Å². The fraction of sp³-hybridized carbons (Fsp3) is 0.448. The van der Waals surface area contributed by atoms with Crippen LogP contribution in [0.3, 0.4) is 0 Å². The van der Waals surface area contributed by atoms with Crippen molar-refractivity contribution in [3.05, 3.63) is 75.1 Å². The van der Waals surface area contributed by atoms with E-state index in [0.29, 0.717) is 43.0 Å². The third-order valence-electron chi connectivity index (χ3n) is 8.00. The number of aliphatic hydroxyl groups is 1. The summed E-state index contributed by atoms with van der Waals surface area (Å²) in [6.07, 6.45) is 4.55. The lowest BCUT2D eigenvalue weighted by molar-refractivity contribution is -0.142. The molecule has 2 aromatic carbocycles. The molecule has 2 atom stereocenters. The van der Waals surface area contributed by atoms with E-state index in [-0.39, 0.29) is 18.2 Å². The molecular formula is C29H33NO5. The molecule has 2 fully saturated rings. The lowest BCUT2D eigenvalue weighted by Gasteiger charge is -2.47. The van der Waals surface area contributed by atoms with Gasteiger partial charge in [0.1, 0.15) is 17.9 Å². The lowest BCUT2D eigenvalue weighted by Crippen LogP contribution is -2.55. The van der Waals surface area contributed by atoms with E-state index in [9.17, 15) is 14.7 Å². The molecule has 1 N–H and O–H groups in total. The summed E-state index contributed by atoms with van der Waals surface area (Å²) in [7, 11) is 0. The summed E-state index contributed by atoms with van der Waals surface area (Å²) in [4.78, 5) is 28.0. The number of amides is 1. The summed E-state index contributed by atoms with van der Waals surface area (Å²) < 4.78 is 11.7. The fourth-order valence-corrected chi connectivity index (χ4v) is 5.73. The second-order valence-electron chi connectivity index (χ2n) is 10.1. The van der Waals surface area contributed by atoms with E-state index in [4.69, 9.17) is 9.15 Å². The Hall–Kier alpha value is -3.12. The van der Waals surface area contributed by atoms with Gasteiger partial charge in [-0.3, -0.25) is 4.79 Å². The molecule has 2 aliphatic rings. The van der Waals surface area contributed by atoms with Crippen molar-refractivity contribution in [3.8, 4) is 5.75 Å². The molecule has 0 bridgehead atoms. The second kappa shape index (κ2) is 9.50. The normalized spacial score (nSPS) is 22.1. The fourth-order valence-electron chi connectivity index (χ4n) is 5.73. The first-order valence-corrected chi connectivity index (χ1v) is 12.6. The highest BCUT2D eigenvalue weighted by Crippen LogP contribution is 2.40. The van der Waals surface area contributed by atoms with Gasteiger partial charge in [-0.25, -0.2) is 4.79 Å². The monoisotopic (exact) mass is 475 g/mol. The van der Waals surface area contributed by atoms with Gasteiger partial charge in [0.25, 0.3) is 0 Å². The SMILES string of the molecule is Cc1c(CC(=O)N2CC[C@]3(O)CCCC[C@@H]3C2)c(=O)oc2c(C)c(OCc3ccccc3)ccc12. The van der Waals surface area contributed by atoms with Crippen LogP contribution < -0.4 is 10.4 Å². The van der Waals surface area contributed by atoms with Crippen molar-refractivity contribution in [1.82, 2.24) is 4.90 Å². The third kappa shape index (κ3) is 4.59. The molecule has 1 aliphatic heterocycles. The van der Waals surface area contributed by atoms with Crippen LogP contribution in [-0.4, -0.2) is 34.6 Å². The molecule has 35 heavy (non-hydrogen) atoms. The van der Waals surface area contributed by atoms with Gasteiger partial charge in [-0.05, 0) is 56.4 Å². The largest absolute Gasteiger partial charge is 0.488 e. The quantitative estimate of drug-likeness (QED) is 0.542. The Kier molecular flexibility index (Phi) is 6.41. The number of likely N-dealkylation sites (tertiary alicyclic amines) is 1. The molecule has 1 aromatic heterocycles. The molecule has 0 radical (unpaired) electrons. The molecule has 1 saturated carbocycles. The number of rotatable bonds is 5. The van der Waals surface area contributed by atoms with Crippen LogP contribution in [0.1, 0.15) is 54.4 Å². The summed E-state index contributed by atoms with van der Waals surface area (Å²) in [5, 5.41) is 11.7. The number of nitrogens with zero attached hydrogens (tertiary/aromatic N) is 1. The summed E-state index contributed by atoms with van der Waals surface area (Å²) in [6, 6.07) is 13.7. The Balaban J connectivity index is 1.35. The molecule has 0 spiro atoms. The number of hydrogen-bond donors (Lipinski definition) is 1. The highest BCUT2D eigenvalue weighted by molar-refractivity contribution is 5.87. The predicted molar refractivity (Wildman–Crippen MR) is 135 cm³/mol. The van der Waals surface area contributed by atoms with Gasteiger partial charge in [0.05, 0.1) is 17.6 Å². The Morgan fingerprint density at radius 3 is 2.71 bits per heavy atom. The maximum absolute atomic E-state index is 13.2. The zero-order chi connectivity index (χ0) is 24.6. The van der Waals surface area contributed by atoms with Gasteiger partial charge in [0.2, 0.25) is 5.91 Å². The van der Waals surface area contributed by atoms with Crippen molar-refractivity contribution in [3.63, 3.8) is 0 Å². The summed E-state index contributed by atoms with van der Waals surface area (Å²) in [5.41, 5.74) is 2.40. The molecule has 2 heterocycles. The van der Waals surface area contributed by atoms with E-state index in [2.05, 4.69) is 0 Å². The average Bonchev–Trinajstić information content (AvgIpc) is 2.86. The van der Waals surface area contributed by atoms with Crippen molar-refractivity contribution >= 4 is 16.9 Å². The average molecular weight is 476 g/mol. The predicted octanol–water partition coefficient (Wildman–Crippen LogP) is 4.68. The van der Waals surface area contributed by atoms with E-state index in [1.807, 2.05) is 61.2 Å². The molecule has 6 nitrogen and oxygen atoms in total. The van der Waals surface area contributed by atoms with Gasteiger partial charge < -0.3 is 19.2 Å². The molecule has 184 valence electrons. The number of carbonyl (C=O) groups is 1. The topological polar surface area (TPSA) is 80.0 Å². The van der Waals surface area contributed by atoms with Crippen LogP contribution in [0.15, 0.2) is 51.7 Å². The van der Waals surface area contributed by atoms with Crippen LogP contribution >= 0.6 is 0 Å². The van der Waals surface area contributed by atoms with Gasteiger partial charge in [0, 0.05) is 30.0 Å². The molecule has 1 amide bonds. The second-order valence-corrected chi connectivity index (χ2v) is 10.1. The van der Waals surface area contributed by atoms with Crippen LogP contribution in [-0.2, 0) is 17.8 Å². The highest BCUT2D eigenvalue weighted by Gasteiger charge is 2.43. The Morgan fingerprint density at radius 1 is 1.11 bits per heavy atom. The van der Waals surface area contributed by atoms with Crippen LogP contribution in [0.5, 0.6) is 5.75 Å². The lowest BCUT2D eigenvalue weighted by atomic mass is 9.71. The number of hydrogen-bond acceptors (Lipinski definition) is 5. The van der Waals surface area contributed by atoms with Crippen molar-refractivity contribution in [2.24, 2.45) is 5.92 Å². The molecule has 1 aliphatic carbocycles. The van der Waals surface area contributed by atoms with Gasteiger partial charge in [-0.15, -0.1) is 0 Å². The standard InChI is InChI=1S/C29H33NO5/c1-19-23-11-12-25(34-18-21-8-4-3-5-9-21)20(2)27(23)35-28(32)24(19)16-26(31)30-15-14-29(33)13-7-6-10-22(29)17-30/h3-5,8-9,11-12,22,33H,6-7,10,13-18H2,1-2H3/t22-,29-/m1/s1. The number of aryl methyl sites for hydroxylation is 2. The Labute approximate surface area is 205 Å². The number of ether oxygens (including phenoxy) is 1. The van der Waals surface area contributed by atoms with Crippen molar-refractivity contribution in [2.45, 2.75) is 64.6 Å². The molecule has 0 unspecified atom stereocenters. The highest BCUT2D eigenvalue weighted by atomic mass is 16.5. The van der Waals surface area contributed by atoms with Crippen LogP contribution in [0.2, 0.25) is 0 Å². The first-order chi connectivity index (χ1) is 16.9. The first-order valence-electron chi connectivity index (χ1n) is 12.6. The van der Waals surface area contributed by atoms with Gasteiger partial charge in [0.15, 0.2) is 0 Å². The summed E-state index contributed by atoms with van der Waals surface area (Å²) in [5.74, 6) is 0.716. The number of fused-ring (bicyclic) bond motifs is 2. The molecule has 1 saturated heterocycles. The van der Waals surface area contributed by atoms with E-state index >= 15 is 0 Å². The van der Waals surface area contributed by atoms with E-state index in [1.165, 1.54) is 0 Å². The first kappa shape index (κ1) is 23.6. The number of carbonyl (C=O) groups excluding carboxylic acids is 1. The van der Waals surface area contributed by atoms with Gasteiger partial charge >= 0.3 is 5.63 Å². The van der Waals surface area contributed by atoms with Crippen molar-refractivity contribution in [2.75, 3.05) is 13.1 Å². The van der Waals surface area contributed by atoms with Gasteiger partial charge in [-0.2, -0.15) is 0 Å². The molecule has 5 rings (SSSR count).